The number of rotatable bonds is 6. The van der Waals surface area contributed by atoms with Crippen LogP contribution in [0.4, 0.5) is 5.69 Å². The summed E-state index contributed by atoms with van der Waals surface area (Å²) in [5.41, 5.74) is 8.42. The summed E-state index contributed by atoms with van der Waals surface area (Å²) >= 11 is 6.28. The third-order valence-electron chi connectivity index (χ3n) is 7.17. The molecule has 9 nitrogen and oxygen atoms in total. The van der Waals surface area contributed by atoms with Crippen LogP contribution in [0.3, 0.4) is 0 Å². The predicted octanol–water partition coefficient (Wildman–Crippen LogP) is 2.39. The minimum Gasteiger partial charge on any atom is -0.492 e. The van der Waals surface area contributed by atoms with E-state index in [9.17, 15) is 9.59 Å². The summed E-state index contributed by atoms with van der Waals surface area (Å²) in [6.07, 6.45) is 1.14. The Labute approximate surface area is 214 Å². The molecular weight excluding hydrogens is 482 g/mol. The van der Waals surface area contributed by atoms with Crippen molar-refractivity contribution in [2.24, 2.45) is 0 Å². The molecule has 0 saturated carbocycles. The Hall–Kier alpha value is -3.14. The minimum absolute atomic E-state index is 0.0274. The van der Waals surface area contributed by atoms with Crippen molar-refractivity contribution in [2.75, 3.05) is 39.1 Å². The Balaban J connectivity index is 1.25. The number of aromatic nitrogens is 2. The maximum absolute atomic E-state index is 13.2. The molecule has 1 amide bonds. The van der Waals surface area contributed by atoms with Gasteiger partial charge < -0.3 is 20.5 Å². The smallest absolute Gasteiger partial charge is 0.261 e. The van der Waals surface area contributed by atoms with E-state index in [0.29, 0.717) is 77.8 Å². The first-order chi connectivity index (χ1) is 17.4. The Morgan fingerprint density at radius 1 is 1.33 bits per heavy atom. The van der Waals surface area contributed by atoms with Gasteiger partial charge >= 0.3 is 0 Å². The SMILES string of the molecule is CO[C@H]1CN(CCn2c(C)nc3ccccc3c2=O)CC[C@H]1NC(=O)c1cc(Cl)c(N)c2c1OCC2. The fourth-order valence-electron chi connectivity index (χ4n) is 5.15. The lowest BCUT2D eigenvalue weighted by Gasteiger charge is -2.38. The van der Waals surface area contributed by atoms with Crippen LogP contribution < -0.4 is 21.3 Å². The number of fused-ring (bicyclic) bond motifs is 2. The van der Waals surface area contributed by atoms with Crippen molar-refractivity contribution in [2.45, 2.75) is 38.5 Å². The zero-order valence-electron chi connectivity index (χ0n) is 20.4. The molecule has 0 radical (unpaired) electrons. The second-order valence-electron chi connectivity index (χ2n) is 9.30. The number of para-hydroxylation sites is 1. The highest BCUT2D eigenvalue weighted by molar-refractivity contribution is 6.33. The number of benzene rings is 2. The average Bonchev–Trinajstić information content (AvgIpc) is 3.37. The monoisotopic (exact) mass is 511 g/mol. The lowest BCUT2D eigenvalue weighted by molar-refractivity contribution is 0.00539. The number of ether oxygens (including phenoxy) is 2. The van der Waals surface area contributed by atoms with Gasteiger partial charge in [0.05, 0.1) is 45.9 Å². The van der Waals surface area contributed by atoms with E-state index in [0.717, 1.165) is 12.1 Å². The number of nitrogens with one attached hydrogen (secondary N) is 1. The number of carbonyl (C=O) groups excluding carboxylic acids is 1. The lowest BCUT2D eigenvalue weighted by atomic mass is 10.00. The molecule has 1 fully saturated rings. The number of halogens is 1. The quantitative estimate of drug-likeness (QED) is 0.489. The van der Waals surface area contributed by atoms with E-state index in [1.54, 1.807) is 17.7 Å². The van der Waals surface area contributed by atoms with Crippen molar-refractivity contribution in [3.8, 4) is 5.75 Å². The van der Waals surface area contributed by atoms with Crippen LogP contribution in [0.5, 0.6) is 5.75 Å². The molecule has 10 heteroatoms. The number of nitrogens with zero attached hydrogens (tertiary/aromatic N) is 3. The third kappa shape index (κ3) is 4.54. The van der Waals surface area contributed by atoms with Crippen LogP contribution in [0.15, 0.2) is 35.1 Å². The van der Waals surface area contributed by atoms with Gasteiger partial charge in [-0.15, -0.1) is 0 Å². The van der Waals surface area contributed by atoms with Crippen LogP contribution in [-0.2, 0) is 17.7 Å². The molecule has 2 aliphatic heterocycles. The Morgan fingerprint density at radius 2 is 2.14 bits per heavy atom. The van der Waals surface area contributed by atoms with Gasteiger partial charge in [-0.2, -0.15) is 0 Å². The summed E-state index contributed by atoms with van der Waals surface area (Å²) in [6.45, 7) is 4.94. The van der Waals surface area contributed by atoms with Crippen molar-refractivity contribution >= 4 is 34.1 Å². The summed E-state index contributed by atoms with van der Waals surface area (Å²) in [4.78, 5) is 33.0. The predicted molar refractivity (Wildman–Crippen MR) is 139 cm³/mol. The van der Waals surface area contributed by atoms with Crippen molar-refractivity contribution in [3.63, 3.8) is 0 Å². The first kappa shape index (κ1) is 24.5. The van der Waals surface area contributed by atoms with E-state index in [-0.39, 0.29) is 23.6 Å². The van der Waals surface area contributed by atoms with E-state index >= 15 is 0 Å². The number of carbonyl (C=O) groups is 1. The molecule has 1 saturated heterocycles. The van der Waals surface area contributed by atoms with Gasteiger partial charge in [-0.1, -0.05) is 23.7 Å². The largest absolute Gasteiger partial charge is 0.492 e. The van der Waals surface area contributed by atoms with Gasteiger partial charge in [0, 0.05) is 45.3 Å². The van der Waals surface area contributed by atoms with E-state index in [1.807, 2.05) is 31.2 Å². The molecule has 36 heavy (non-hydrogen) atoms. The number of hydrogen-bond acceptors (Lipinski definition) is 7. The van der Waals surface area contributed by atoms with Crippen molar-refractivity contribution < 1.29 is 14.3 Å². The van der Waals surface area contributed by atoms with Crippen LogP contribution in [0.1, 0.15) is 28.2 Å². The molecular formula is C26H30ClN5O4. The highest BCUT2D eigenvalue weighted by Gasteiger charge is 2.32. The number of hydrogen-bond donors (Lipinski definition) is 2. The number of nitrogen functional groups attached to an aromatic ring is 1. The fraction of sp³-hybridized carbons (Fsp3) is 0.423. The lowest BCUT2D eigenvalue weighted by Crippen LogP contribution is -2.55. The molecule has 3 N–H and O–H groups in total. The zero-order valence-corrected chi connectivity index (χ0v) is 21.2. The van der Waals surface area contributed by atoms with Gasteiger partial charge in [0.15, 0.2) is 0 Å². The highest BCUT2D eigenvalue weighted by atomic mass is 35.5. The second-order valence-corrected chi connectivity index (χ2v) is 9.71. The second kappa shape index (κ2) is 10.1. The first-order valence-corrected chi connectivity index (χ1v) is 12.5. The summed E-state index contributed by atoms with van der Waals surface area (Å²) in [5, 5.41) is 4.09. The fourth-order valence-corrected chi connectivity index (χ4v) is 5.38. The van der Waals surface area contributed by atoms with E-state index in [2.05, 4.69) is 15.2 Å². The van der Waals surface area contributed by atoms with E-state index in [4.69, 9.17) is 26.8 Å². The average molecular weight is 512 g/mol. The molecule has 2 atom stereocenters. The topological polar surface area (TPSA) is 112 Å². The first-order valence-electron chi connectivity index (χ1n) is 12.1. The van der Waals surface area contributed by atoms with Gasteiger partial charge in [-0.3, -0.25) is 19.1 Å². The molecule has 3 aromatic rings. The van der Waals surface area contributed by atoms with Crippen molar-refractivity contribution in [1.29, 1.82) is 0 Å². The Bertz CT molecular complexity index is 1370. The summed E-state index contributed by atoms with van der Waals surface area (Å²) in [7, 11) is 1.65. The normalized spacial score (nSPS) is 19.8. The Morgan fingerprint density at radius 3 is 2.94 bits per heavy atom. The maximum atomic E-state index is 13.2. The van der Waals surface area contributed by atoms with E-state index in [1.165, 1.54) is 0 Å². The molecule has 1 aromatic heterocycles. The number of amides is 1. The van der Waals surface area contributed by atoms with Gasteiger partial charge in [0.25, 0.3) is 11.5 Å². The summed E-state index contributed by atoms with van der Waals surface area (Å²) in [6, 6.07) is 8.81. The maximum Gasteiger partial charge on any atom is 0.261 e. The molecule has 0 unspecified atom stereocenters. The van der Waals surface area contributed by atoms with Gasteiger partial charge in [-0.25, -0.2) is 4.98 Å². The van der Waals surface area contributed by atoms with Crippen LogP contribution >= 0.6 is 11.6 Å². The van der Waals surface area contributed by atoms with Crippen LogP contribution in [-0.4, -0.2) is 65.9 Å². The van der Waals surface area contributed by atoms with Crippen LogP contribution in [0, 0.1) is 6.92 Å². The highest BCUT2D eigenvalue weighted by Crippen LogP contribution is 2.38. The molecule has 3 heterocycles. The van der Waals surface area contributed by atoms with Gasteiger partial charge in [0.1, 0.15) is 11.6 Å². The van der Waals surface area contributed by atoms with Crippen LogP contribution in [0.25, 0.3) is 10.9 Å². The number of likely N-dealkylation sites (tertiary alicyclic amines) is 1. The summed E-state index contributed by atoms with van der Waals surface area (Å²) < 4.78 is 13.2. The number of nitrogens with two attached hydrogens (primary N) is 1. The molecule has 2 aromatic carbocycles. The summed E-state index contributed by atoms with van der Waals surface area (Å²) in [5.74, 6) is 0.964. The Kier molecular flexibility index (Phi) is 6.87. The molecule has 190 valence electrons. The number of aryl methyl sites for hydroxylation is 1. The van der Waals surface area contributed by atoms with Crippen molar-refractivity contribution in [3.05, 3.63) is 62.7 Å². The number of piperidine rings is 1. The molecule has 2 aliphatic rings. The number of anilines is 1. The standard InChI is InChI=1S/C26H30ClN5O4/c1-15-29-20-6-4-3-5-16(20)26(34)32(15)11-10-31-9-7-21(22(14-31)35-2)30-25(33)18-13-19(27)23(28)17-8-12-36-24(17)18/h3-6,13,21-22H,7-12,14,28H2,1-2H3,(H,30,33)/t21-,22+/m1/s1. The minimum atomic E-state index is -0.250. The van der Waals surface area contributed by atoms with Crippen molar-refractivity contribution in [1.82, 2.24) is 19.8 Å². The van der Waals surface area contributed by atoms with E-state index < -0.39 is 0 Å². The van der Waals surface area contributed by atoms with Gasteiger partial charge in [0.2, 0.25) is 0 Å². The zero-order chi connectivity index (χ0) is 25.4. The van der Waals surface area contributed by atoms with Crippen LogP contribution in [0.2, 0.25) is 5.02 Å². The molecule has 0 spiro atoms. The number of methoxy groups -OCH3 is 1. The molecule has 0 aliphatic carbocycles. The third-order valence-corrected chi connectivity index (χ3v) is 7.48. The molecule has 0 bridgehead atoms. The van der Waals surface area contributed by atoms with Gasteiger partial charge in [-0.05, 0) is 31.5 Å². The molecule has 5 rings (SSSR count).